The van der Waals surface area contributed by atoms with Crippen LogP contribution in [-0.2, 0) is 4.79 Å². The second-order valence-corrected chi connectivity index (χ2v) is 5.84. The molecule has 0 spiro atoms. The van der Waals surface area contributed by atoms with Crippen molar-refractivity contribution in [1.82, 2.24) is 10.2 Å². The van der Waals surface area contributed by atoms with E-state index in [0.717, 1.165) is 19.6 Å². The quantitative estimate of drug-likeness (QED) is 0.843. The molecule has 5 nitrogen and oxygen atoms in total. The lowest BCUT2D eigenvalue weighted by molar-refractivity contribution is -0.115. The molecule has 1 fully saturated rings. The average molecular weight is 321 g/mol. The summed E-state index contributed by atoms with van der Waals surface area (Å²) in [4.78, 5) is 14.4. The van der Waals surface area contributed by atoms with E-state index in [0.29, 0.717) is 22.3 Å². The number of likely N-dealkylation sites (N-methyl/N-ethyl adjacent to an activating group) is 1. The van der Waals surface area contributed by atoms with E-state index < -0.39 is 0 Å². The third kappa shape index (κ3) is 4.44. The minimum Gasteiger partial charge on any atom is -0.324 e. The van der Waals surface area contributed by atoms with Crippen molar-refractivity contribution < 1.29 is 4.79 Å². The molecule has 22 heavy (non-hydrogen) atoms. The Kier molecular flexibility index (Phi) is 6.20. The van der Waals surface area contributed by atoms with E-state index in [1.165, 1.54) is 12.8 Å². The summed E-state index contributed by atoms with van der Waals surface area (Å²) in [6, 6.07) is 7.38. The largest absolute Gasteiger partial charge is 0.324 e. The molecule has 1 amide bonds. The number of nitriles is 1. The Morgan fingerprint density at radius 2 is 2.36 bits per heavy atom. The zero-order chi connectivity index (χ0) is 15.9. The monoisotopic (exact) mass is 320 g/mol. The zero-order valence-corrected chi connectivity index (χ0v) is 13.5. The van der Waals surface area contributed by atoms with Crippen molar-refractivity contribution in [3.05, 3.63) is 28.8 Å². The van der Waals surface area contributed by atoms with E-state index in [2.05, 4.69) is 22.5 Å². The molecule has 0 unspecified atom stereocenters. The van der Waals surface area contributed by atoms with Crippen LogP contribution >= 0.6 is 11.6 Å². The van der Waals surface area contributed by atoms with Crippen LogP contribution in [0.1, 0.15) is 25.3 Å². The second-order valence-electron chi connectivity index (χ2n) is 5.41. The van der Waals surface area contributed by atoms with Crippen molar-refractivity contribution in [2.45, 2.75) is 25.8 Å². The summed E-state index contributed by atoms with van der Waals surface area (Å²) in [7, 11) is 0. The summed E-state index contributed by atoms with van der Waals surface area (Å²) in [5.41, 5.74) is 0.864. The van der Waals surface area contributed by atoms with Gasteiger partial charge < -0.3 is 10.6 Å². The third-order valence-corrected chi connectivity index (χ3v) is 4.18. The summed E-state index contributed by atoms with van der Waals surface area (Å²) < 4.78 is 0. The fraction of sp³-hybridized carbons (Fsp3) is 0.500. The number of nitrogens with one attached hydrogen (secondary N) is 2. The number of amides is 1. The normalized spacial score (nSPS) is 18.1. The highest BCUT2D eigenvalue weighted by Crippen LogP contribution is 2.20. The van der Waals surface area contributed by atoms with Gasteiger partial charge in [-0.2, -0.15) is 5.26 Å². The van der Waals surface area contributed by atoms with Crippen LogP contribution in [0, 0.1) is 11.3 Å². The highest BCUT2D eigenvalue weighted by atomic mass is 35.5. The number of likely N-dealkylation sites (tertiary alicyclic amines) is 1. The van der Waals surface area contributed by atoms with Gasteiger partial charge in [0.25, 0.3) is 0 Å². The van der Waals surface area contributed by atoms with Crippen LogP contribution in [0.4, 0.5) is 5.69 Å². The van der Waals surface area contributed by atoms with Crippen molar-refractivity contribution >= 4 is 23.2 Å². The number of carbonyl (C=O) groups is 1. The smallest absolute Gasteiger partial charge is 0.238 e. The molecular formula is C16H21ClN4O. The summed E-state index contributed by atoms with van der Waals surface area (Å²) in [5.74, 6) is -0.167. The molecular weight excluding hydrogens is 300 g/mol. The molecule has 118 valence electrons. The maximum atomic E-state index is 12.0. The number of anilines is 1. The minimum absolute atomic E-state index is 0.167. The molecule has 1 aliphatic rings. The van der Waals surface area contributed by atoms with E-state index in [9.17, 15) is 4.79 Å². The molecule has 0 aliphatic carbocycles. The van der Waals surface area contributed by atoms with E-state index in [1.807, 2.05) is 6.07 Å². The van der Waals surface area contributed by atoms with Gasteiger partial charge in [-0.3, -0.25) is 9.69 Å². The molecule has 1 aliphatic heterocycles. The van der Waals surface area contributed by atoms with Gasteiger partial charge in [-0.05, 0) is 44.1 Å². The molecule has 1 atom stereocenters. The Bertz CT molecular complexity index is 570. The molecule has 1 aromatic carbocycles. The first kappa shape index (κ1) is 16.8. The van der Waals surface area contributed by atoms with Gasteiger partial charge in [0, 0.05) is 17.6 Å². The molecule has 6 heteroatoms. The van der Waals surface area contributed by atoms with Crippen LogP contribution in [0.2, 0.25) is 5.02 Å². The van der Waals surface area contributed by atoms with Gasteiger partial charge in [-0.25, -0.2) is 0 Å². The van der Waals surface area contributed by atoms with E-state index >= 15 is 0 Å². The third-order valence-electron chi connectivity index (χ3n) is 3.95. The molecule has 0 radical (unpaired) electrons. The second kappa shape index (κ2) is 8.14. The molecule has 0 saturated carbocycles. The molecule has 0 bridgehead atoms. The lowest BCUT2D eigenvalue weighted by Crippen LogP contribution is -2.40. The van der Waals surface area contributed by atoms with Crippen molar-refractivity contribution in [2.24, 2.45) is 0 Å². The minimum atomic E-state index is -0.167. The first-order chi connectivity index (χ1) is 10.6. The van der Waals surface area contributed by atoms with Crippen molar-refractivity contribution in [1.29, 1.82) is 5.26 Å². The van der Waals surface area contributed by atoms with Crippen LogP contribution in [0.25, 0.3) is 0 Å². The van der Waals surface area contributed by atoms with Crippen LogP contribution < -0.4 is 10.6 Å². The van der Waals surface area contributed by atoms with Gasteiger partial charge in [0.1, 0.15) is 6.07 Å². The molecule has 2 rings (SSSR count). The molecule has 0 aromatic heterocycles. The van der Waals surface area contributed by atoms with Crippen molar-refractivity contribution in [3.8, 4) is 6.07 Å². The fourth-order valence-corrected chi connectivity index (χ4v) is 2.98. The first-order valence-corrected chi connectivity index (χ1v) is 7.96. The number of rotatable bonds is 6. The predicted octanol–water partition coefficient (Wildman–Crippen LogP) is 2.22. The number of benzene rings is 1. The van der Waals surface area contributed by atoms with Gasteiger partial charge in [0.05, 0.1) is 17.8 Å². The Hall–Kier alpha value is -1.61. The SMILES string of the molecule is CCN1CCC[C@@H]1CNCC(=O)Nc1cc(Cl)ccc1C#N. The summed E-state index contributed by atoms with van der Waals surface area (Å²) >= 11 is 5.90. The van der Waals surface area contributed by atoms with Crippen LogP contribution in [0.5, 0.6) is 0 Å². The number of nitrogens with zero attached hydrogens (tertiary/aromatic N) is 2. The fourth-order valence-electron chi connectivity index (χ4n) is 2.81. The van der Waals surface area contributed by atoms with Gasteiger partial charge in [-0.15, -0.1) is 0 Å². The highest BCUT2D eigenvalue weighted by Gasteiger charge is 2.22. The standard InChI is InChI=1S/C16H21ClN4O/c1-2-21-7-3-4-14(21)10-19-11-16(22)20-15-8-13(17)6-5-12(15)9-18/h5-6,8,14,19H,2-4,7,10-11H2,1H3,(H,20,22)/t14-/m1/s1. The number of hydrogen-bond donors (Lipinski definition) is 2. The Labute approximate surface area is 136 Å². The highest BCUT2D eigenvalue weighted by molar-refractivity contribution is 6.31. The molecule has 1 saturated heterocycles. The summed E-state index contributed by atoms with van der Waals surface area (Å²) in [6.45, 7) is 5.39. The van der Waals surface area contributed by atoms with Gasteiger partial charge >= 0.3 is 0 Å². The van der Waals surface area contributed by atoms with Gasteiger partial charge in [0.2, 0.25) is 5.91 Å². The topological polar surface area (TPSA) is 68.2 Å². The van der Waals surface area contributed by atoms with Crippen molar-refractivity contribution in [2.75, 3.05) is 31.5 Å². The van der Waals surface area contributed by atoms with Crippen LogP contribution in [0.3, 0.4) is 0 Å². The predicted molar refractivity (Wildman–Crippen MR) is 87.9 cm³/mol. The van der Waals surface area contributed by atoms with E-state index in [4.69, 9.17) is 16.9 Å². The van der Waals surface area contributed by atoms with Crippen LogP contribution in [0.15, 0.2) is 18.2 Å². The summed E-state index contributed by atoms with van der Waals surface area (Å²) in [5, 5.41) is 15.5. The Morgan fingerprint density at radius 3 is 3.09 bits per heavy atom. The molecule has 1 heterocycles. The Balaban J connectivity index is 1.81. The number of carbonyl (C=O) groups excluding carboxylic acids is 1. The lowest BCUT2D eigenvalue weighted by atomic mass is 10.2. The lowest BCUT2D eigenvalue weighted by Gasteiger charge is -2.22. The van der Waals surface area contributed by atoms with Gasteiger partial charge in [0.15, 0.2) is 0 Å². The Morgan fingerprint density at radius 1 is 1.55 bits per heavy atom. The maximum absolute atomic E-state index is 12.0. The molecule has 2 N–H and O–H groups in total. The van der Waals surface area contributed by atoms with Crippen LogP contribution in [-0.4, -0.2) is 43.0 Å². The van der Waals surface area contributed by atoms with Crippen molar-refractivity contribution in [3.63, 3.8) is 0 Å². The average Bonchev–Trinajstić information content (AvgIpc) is 2.95. The van der Waals surface area contributed by atoms with E-state index in [-0.39, 0.29) is 12.5 Å². The number of hydrogen-bond acceptors (Lipinski definition) is 4. The summed E-state index contributed by atoms with van der Waals surface area (Å²) in [6.07, 6.45) is 2.40. The molecule has 1 aromatic rings. The zero-order valence-electron chi connectivity index (χ0n) is 12.7. The van der Waals surface area contributed by atoms with Gasteiger partial charge in [-0.1, -0.05) is 18.5 Å². The number of halogens is 1. The first-order valence-electron chi connectivity index (χ1n) is 7.58. The van der Waals surface area contributed by atoms with E-state index in [1.54, 1.807) is 18.2 Å². The maximum Gasteiger partial charge on any atom is 0.238 e.